The molecule has 7 nitrogen and oxygen atoms in total. The molecule has 1 fully saturated rings. The van der Waals surface area contributed by atoms with Crippen molar-refractivity contribution in [2.45, 2.75) is 25.4 Å². The number of hydrazine groups is 1. The Labute approximate surface area is 155 Å². The molecule has 0 spiro atoms. The maximum absolute atomic E-state index is 12.4. The number of amides is 1. The topological polar surface area (TPSA) is 88.0 Å². The molecule has 1 aromatic heterocycles. The van der Waals surface area contributed by atoms with Crippen LogP contribution in [0, 0.1) is 11.8 Å². The molecular weight excluding hydrogens is 350 g/mol. The van der Waals surface area contributed by atoms with E-state index in [1.54, 1.807) is 18.3 Å². The van der Waals surface area contributed by atoms with E-state index in [9.17, 15) is 9.59 Å². The minimum absolute atomic E-state index is 0.184. The number of carbonyl (C=O) groups excluding carboxylic acids is 1. The summed E-state index contributed by atoms with van der Waals surface area (Å²) in [4.78, 5) is 24.5. The molecule has 2 bridgehead atoms. The van der Waals surface area contributed by atoms with E-state index in [4.69, 9.17) is 12.2 Å². The van der Waals surface area contributed by atoms with Crippen LogP contribution in [0.1, 0.15) is 12.8 Å². The maximum Gasteiger partial charge on any atom is 0.275 e. The zero-order chi connectivity index (χ0) is 18.1. The van der Waals surface area contributed by atoms with Gasteiger partial charge in [0, 0.05) is 11.4 Å². The zero-order valence-electron chi connectivity index (χ0n) is 14.0. The molecule has 3 N–H and O–H groups in total. The first-order valence-corrected chi connectivity index (χ1v) is 8.99. The Bertz CT molecular complexity index is 954. The summed E-state index contributed by atoms with van der Waals surface area (Å²) in [5, 5.41) is 8.94. The molecule has 2 aliphatic rings. The van der Waals surface area contributed by atoms with E-state index in [1.165, 1.54) is 6.42 Å². The molecule has 1 amide bonds. The summed E-state index contributed by atoms with van der Waals surface area (Å²) in [6.45, 7) is -0.184. The van der Waals surface area contributed by atoms with Gasteiger partial charge in [-0.3, -0.25) is 20.4 Å². The molecule has 2 aromatic rings. The highest BCUT2D eigenvalue weighted by Crippen LogP contribution is 2.38. The summed E-state index contributed by atoms with van der Waals surface area (Å²) < 4.78 is 1.14. The van der Waals surface area contributed by atoms with Gasteiger partial charge in [0.15, 0.2) is 5.11 Å². The molecule has 1 heterocycles. The average molecular weight is 369 g/mol. The van der Waals surface area contributed by atoms with Crippen LogP contribution < -0.4 is 21.7 Å². The van der Waals surface area contributed by atoms with Crippen LogP contribution in [0.4, 0.5) is 0 Å². The highest BCUT2D eigenvalue weighted by Gasteiger charge is 2.35. The van der Waals surface area contributed by atoms with Gasteiger partial charge in [-0.1, -0.05) is 30.4 Å². The molecule has 26 heavy (non-hydrogen) atoms. The fourth-order valence-electron chi connectivity index (χ4n) is 3.69. The van der Waals surface area contributed by atoms with Crippen molar-refractivity contribution in [3.63, 3.8) is 0 Å². The van der Waals surface area contributed by atoms with E-state index in [1.807, 2.05) is 12.1 Å². The van der Waals surface area contributed by atoms with Gasteiger partial charge in [0.2, 0.25) is 0 Å². The number of nitrogens with one attached hydrogen (secondary N) is 3. The van der Waals surface area contributed by atoms with Crippen LogP contribution in [0.3, 0.4) is 0 Å². The van der Waals surface area contributed by atoms with Gasteiger partial charge in [-0.25, -0.2) is 4.68 Å². The van der Waals surface area contributed by atoms with Crippen LogP contribution in [0.2, 0.25) is 0 Å². The van der Waals surface area contributed by atoms with Crippen LogP contribution in [0.25, 0.3) is 10.8 Å². The van der Waals surface area contributed by atoms with Gasteiger partial charge < -0.3 is 5.32 Å². The molecule has 0 unspecified atom stereocenters. The minimum atomic E-state index is -0.396. The number of fused-ring (bicyclic) bond motifs is 3. The van der Waals surface area contributed by atoms with Crippen LogP contribution in [0.15, 0.2) is 47.4 Å². The molecule has 134 valence electrons. The van der Waals surface area contributed by atoms with Crippen LogP contribution in [0.5, 0.6) is 0 Å². The quantitative estimate of drug-likeness (QED) is 0.423. The van der Waals surface area contributed by atoms with Gasteiger partial charge in [-0.2, -0.15) is 5.10 Å². The fourth-order valence-corrected chi connectivity index (χ4v) is 3.90. The number of nitrogens with zero attached hydrogens (tertiary/aromatic N) is 2. The van der Waals surface area contributed by atoms with E-state index >= 15 is 0 Å². The lowest BCUT2D eigenvalue weighted by atomic mass is 10.0. The minimum Gasteiger partial charge on any atom is -0.358 e. The first kappa shape index (κ1) is 16.7. The molecule has 0 aliphatic heterocycles. The van der Waals surface area contributed by atoms with Gasteiger partial charge in [-0.05, 0) is 43.0 Å². The van der Waals surface area contributed by atoms with E-state index in [2.05, 4.69) is 33.4 Å². The van der Waals surface area contributed by atoms with Crippen molar-refractivity contribution in [2.24, 2.45) is 11.8 Å². The van der Waals surface area contributed by atoms with Gasteiger partial charge in [0.05, 0.1) is 11.6 Å². The number of thiocarbonyl (C=S) groups is 1. The van der Waals surface area contributed by atoms with Gasteiger partial charge in [0.1, 0.15) is 6.54 Å². The monoisotopic (exact) mass is 369 g/mol. The summed E-state index contributed by atoms with van der Waals surface area (Å²) in [5.41, 5.74) is 4.91. The molecule has 1 saturated carbocycles. The molecular formula is C18H19N5O2S. The van der Waals surface area contributed by atoms with Gasteiger partial charge in [0.25, 0.3) is 11.5 Å². The number of allylic oxidation sites excluding steroid dienone is 1. The number of carbonyl (C=O) groups is 1. The molecule has 0 saturated heterocycles. The second-order valence-corrected chi connectivity index (χ2v) is 7.14. The van der Waals surface area contributed by atoms with E-state index in [-0.39, 0.29) is 12.1 Å². The van der Waals surface area contributed by atoms with E-state index in [0.717, 1.165) is 16.5 Å². The van der Waals surface area contributed by atoms with Gasteiger partial charge in [-0.15, -0.1) is 0 Å². The van der Waals surface area contributed by atoms with Crippen molar-refractivity contribution in [2.75, 3.05) is 0 Å². The summed E-state index contributed by atoms with van der Waals surface area (Å²) in [6, 6.07) is 7.46. The second-order valence-electron chi connectivity index (χ2n) is 6.73. The number of rotatable bonds is 3. The summed E-state index contributed by atoms with van der Waals surface area (Å²) in [5.74, 6) is 0.753. The van der Waals surface area contributed by atoms with Crippen molar-refractivity contribution in [1.82, 2.24) is 25.9 Å². The first-order chi connectivity index (χ1) is 12.6. The highest BCUT2D eigenvalue weighted by molar-refractivity contribution is 7.80. The van der Waals surface area contributed by atoms with Crippen molar-refractivity contribution >= 4 is 34.0 Å². The molecule has 4 rings (SSSR count). The third-order valence-electron chi connectivity index (χ3n) is 4.97. The normalized spacial score (nSPS) is 23.2. The van der Waals surface area contributed by atoms with Crippen molar-refractivity contribution in [3.05, 3.63) is 53.0 Å². The Morgan fingerprint density at radius 1 is 1.23 bits per heavy atom. The Balaban J connectivity index is 1.31. The maximum atomic E-state index is 12.4. The summed E-state index contributed by atoms with van der Waals surface area (Å²) in [6.07, 6.45) is 8.29. The number of benzene rings is 1. The predicted molar refractivity (Wildman–Crippen MR) is 102 cm³/mol. The summed E-state index contributed by atoms with van der Waals surface area (Å²) in [7, 11) is 0. The van der Waals surface area contributed by atoms with Crippen molar-refractivity contribution < 1.29 is 4.79 Å². The van der Waals surface area contributed by atoms with Crippen LogP contribution in [-0.4, -0.2) is 26.8 Å². The third kappa shape index (κ3) is 3.32. The molecule has 3 atom stereocenters. The molecule has 2 aliphatic carbocycles. The zero-order valence-corrected chi connectivity index (χ0v) is 14.8. The average Bonchev–Trinajstić information content (AvgIpc) is 3.26. The molecule has 1 aromatic carbocycles. The van der Waals surface area contributed by atoms with Crippen LogP contribution in [-0.2, 0) is 11.3 Å². The lowest BCUT2D eigenvalue weighted by molar-refractivity contribution is -0.122. The number of aromatic nitrogens is 2. The largest absolute Gasteiger partial charge is 0.358 e. The van der Waals surface area contributed by atoms with Crippen molar-refractivity contribution in [3.8, 4) is 0 Å². The Kier molecular flexibility index (Phi) is 4.42. The fraction of sp³-hybridized carbons (Fsp3) is 0.333. The SMILES string of the molecule is O=C(Cn1ncc2ccccc2c1=O)NNC(=S)N[C@@H]1C[C@H]2C=C[C@H]1C2. The Morgan fingerprint density at radius 3 is 2.85 bits per heavy atom. The second kappa shape index (κ2) is 6.87. The Morgan fingerprint density at radius 2 is 2.08 bits per heavy atom. The van der Waals surface area contributed by atoms with Crippen LogP contribution >= 0.6 is 12.2 Å². The predicted octanol–water partition coefficient (Wildman–Crippen LogP) is 0.856. The van der Waals surface area contributed by atoms with Crippen molar-refractivity contribution in [1.29, 1.82) is 0 Å². The first-order valence-electron chi connectivity index (χ1n) is 8.58. The lowest BCUT2D eigenvalue weighted by Crippen LogP contribution is -2.51. The number of hydrogen-bond acceptors (Lipinski definition) is 4. The molecule has 0 radical (unpaired) electrons. The molecule has 8 heteroatoms. The third-order valence-corrected chi connectivity index (χ3v) is 5.19. The van der Waals surface area contributed by atoms with Gasteiger partial charge >= 0.3 is 0 Å². The summed E-state index contributed by atoms with van der Waals surface area (Å²) >= 11 is 5.23. The van der Waals surface area contributed by atoms with E-state index in [0.29, 0.717) is 28.4 Å². The number of hydrogen-bond donors (Lipinski definition) is 3. The standard InChI is InChI=1S/C18H19N5O2S/c24-16(10-23-17(25)14-4-2-1-3-13(14)9-19-23)21-22-18(26)20-15-8-11-5-6-12(15)7-11/h1-6,9,11-12,15H,7-8,10H2,(H,21,24)(H2,20,22,26)/t11-,12-,15+/m0/s1. The highest BCUT2D eigenvalue weighted by atomic mass is 32.1. The smallest absolute Gasteiger partial charge is 0.275 e. The lowest BCUT2D eigenvalue weighted by Gasteiger charge is -2.22. The Hall–Kier alpha value is -2.74. The van der Waals surface area contributed by atoms with E-state index < -0.39 is 5.91 Å².